The molecule has 0 bridgehead atoms. The van der Waals surface area contributed by atoms with E-state index in [1.54, 1.807) is 7.11 Å². The summed E-state index contributed by atoms with van der Waals surface area (Å²) in [6, 6.07) is 11.5. The van der Waals surface area contributed by atoms with Crippen molar-refractivity contribution in [2.24, 2.45) is 0 Å². The van der Waals surface area contributed by atoms with Crippen molar-refractivity contribution in [3.63, 3.8) is 0 Å². The van der Waals surface area contributed by atoms with E-state index in [0.717, 1.165) is 22.1 Å². The molecule has 1 atom stereocenters. The molecule has 16 heavy (non-hydrogen) atoms. The molecule has 2 aromatic carbocycles. The molecule has 0 saturated heterocycles. The lowest BCUT2D eigenvalue weighted by Crippen LogP contribution is -2.00. The van der Waals surface area contributed by atoms with Gasteiger partial charge in [0.25, 0.3) is 0 Å². The first kappa shape index (κ1) is 11.2. The molecule has 2 aromatic rings. The van der Waals surface area contributed by atoms with E-state index < -0.39 is 6.10 Å². The number of aliphatic hydroxyl groups excluding tert-OH is 1. The van der Waals surface area contributed by atoms with Gasteiger partial charge in [-0.1, -0.05) is 30.3 Å². The van der Waals surface area contributed by atoms with E-state index in [-0.39, 0.29) is 5.88 Å². The molecule has 0 aliphatic rings. The Bertz CT molecular complexity index is 496. The van der Waals surface area contributed by atoms with Crippen LogP contribution in [0.4, 0.5) is 0 Å². The van der Waals surface area contributed by atoms with Crippen molar-refractivity contribution in [2.45, 2.75) is 6.10 Å². The standard InChI is InChI=1S/C13H13ClO2/c1-16-13-7-6-10(12(15)8-14)9-4-2-3-5-11(9)13/h2-7,12,15H,8H2,1H3/t12-/m0/s1. The van der Waals surface area contributed by atoms with Gasteiger partial charge in [-0.2, -0.15) is 0 Å². The van der Waals surface area contributed by atoms with Crippen LogP contribution in [0.5, 0.6) is 5.75 Å². The van der Waals surface area contributed by atoms with Gasteiger partial charge in [-0.25, -0.2) is 0 Å². The van der Waals surface area contributed by atoms with Crippen LogP contribution in [-0.4, -0.2) is 18.1 Å². The highest BCUT2D eigenvalue weighted by atomic mass is 35.5. The number of rotatable bonds is 3. The Morgan fingerprint density at radius 2 is 1.88 bits per heavy atom. The topological polar surface area (TPSA) is 29.5 Å². The lowest BCUT2D eigenvalue weighted by atomic mass is 10.0. The van der Waals surface area contributed by atoms with E-state index in [4.69, 9.17) is 16.3 Å². The number of halogens is 1. The van der Waals surface area contributed by atoms with Crippen LogP contribution in [0, 0.1) is 0 Å². The minimum absolute atomic E-state index is 0.191. The fourth-order valence-electron chi connectivity index (χ4n) is 1.85. The van der Waals surface area contributed by atoms with Crippen LogP contribution in [0.2, 0.25) is 0 Å². The number of ether oxygens (including phenoxy) is 1. The largest absolute Gasteiger partial charge is 0.496 e. The van der Waals surface area contributed by atoms with E-state index >= 15 is 0 Å². The van der Waals surface area contributed by atoms with Crippen LogP contribution < -0.4 is 4.74 Å². The Kier molecular flexibility index (Phi) is 3.32. The summed E-state index contributed by atoms with van der Waals surface area (Å²) in [6.07, 6.45) is -0.641. The first-order valence-electron chi connectivity index (χ1n) is 5.07. The lowest BCUT2D eigenvalue weighted by Gasteiger charge is -2.13. The number of aliphatic hydroxyl groups is 1. The highest BCUT2D eigenvalue weighted by Gasteiger charge is 2.12. The minimum Gasteiger partial charge on any atom is -0.496 e. The van der Waals surface area contributed by atoms with Gasteiger partial charge in [-0.05, 0) is 17.0 Å². The van der Waals surface area contributed by atoms with Gasteiger partial charge in [0.2, 0.25) is 0 Å². The summed E-state index contributed by atoms with van der Waals surface area (Å²) < 4.78 is 5.28. The smallest absolute Gasteiger partial charge is 0.126 e. The fourth-order valence-corrected chi connectivity index (χ4v) is 2.01. The molecule has 0 heterocycles. The van der Waals surface area contributed by atoms with Gasteiger partial charge in [0.05, 0.1) is 19.1 Å². The predicted octanol–water partition coefficient (Wildman–Crippen LogP) is 3.12. The van der Waals surface area contributed by atoms with Crippen molar-refractivity contribution in [2.75, 3.05) is 13.0 Å². The van der Waals surface area contributed by atoms with Crippen LogP contribution in [0.1, 0.15) is 11.7 Å². The summed E-state index contributed by atoms with van der Waals surface area (Å²) in [5, 5.41) is 11.8. The van der Waals surface area contributed by atoms with Gasteiger partial charge in [-0.3, -0.25) is 0 Å². The molecule has 0 radical (unpaired) electrons. The second kappa shape index (κ2) is 4.73. The van der Waals surface area contributed by atoms with Gasteiger partial charge in [0.1, 0.15) is 5.75 Å². The third-order valence-electron chi connectivity index (χ3n) is 2.64. The normalized spacial score (nSPS) is 12.7. The minimum atomic E-state index is -0.641. The molecule has 1 N–H and O–H groups in total. The van der Waals surface area contributed by atoms with Crippen molar-refractivity contribution in [1.82, 2.24) is 0 Å². The first-order chi connectivity index (χ1) is 7.77. The molecule has 3 heteroatoms. The van der Waals surface area contributed by atoms with Gasteiger partial charge in [-0.15, -0.1) is 11.6 Å². The second-order valence-corrected chi connectivity index (χ2v) is 3.88. The summed E-state index contributed by atoms with van der Waals surface area (Å²) in [4.78, 5) is 0. The van der Waals surface area contributed by atoms with Gasteiger partial charge < -0.3 is 9.84 Å². The zero-order valence-corrected chi connectivity index (χ0v) is 9.74. The van der Waals surface area contributed by atoms with Gasteiger partial charge in [0, 0.05) is 5.39 Å². The number of benzene rings is 2. The number of methoxy groups -OCH3 is 1. The maximum atomic E-state index is 9.82. The molecule has 0 amide bonds. The molecule has 2 rings (SSSR count). The van der Waals surface area contributed by atoms with Crippen molar-refractivity contribution in [1.29, 1.82) is 0 Å². The maximum absolute atomic E-state index is 9.82. The molecular weight excluding hydrogens is 224 g/mol. The summed E-state index contributed by atoms with van der Waals surface area (Å²) in [6.45, 7) is 0. The third kappa shape index (κ3) is 1.86. The molecule has 0 spiro atoms. The Hall–Kier alpha value is -1.25. The molecule has 2 nitrogen and oxygen atoms in total. The zero-order valence-electron chi connectivity index (χ0n) is 8.98. The fraction of sp³-hybridized carbons (Fsp3) is 0.231. The summed E-state index contributed by atoms with van der Waals surface area (Å²) in [5.74, 6) is 0.997. The summed E-state index contributed by atoms with van der Waals surface area (Å²) in [7, 11) is 1.64. The monoisotopic (exact) mass is 236 g/mol. The zero-order chi connectivity index (χ0) is 11.5. The molecule has 0 aliphatic carbocycles. The van der Waals surface area contributed by atoms with Crippen molar-refractivity contribution >= 4 is 22.4 Å². The molecule has 0 aliphatic heterocycles. The van der Waals surface area contributed by atoms with E-state index in [9.17, 15) is 5.11 Å². The van der Waals surface area contributed by atoms with Crippen molar-refractivity contribution in [3.05, 3.63) is 42.0 Å². The van der Waals surface area contributed by atoms with Gasteiger partial charge >= 0.3 is 0 Å². The molecule has 0 fully saturated rings. The van der Waals surface area contributed by atoms with Crippen LogP contribution in [0.3, 0.4) is 0 Å². The summed E-state index contributed by atoms with van der Waals surface area (Å²) >= 11 is 5.68. The maximum Gasteiger partial charge on any atom is 0.126 e. The number of hydrogen-bond donors (Lipinski definition) is 1. The van der Waals surface area contributed by atoms with E-state index in [0.29, 0.717) is 0 Å². The quantitative estimate of drug-likeness (QED) is 0.830. The average molecular weight is 237 g/mol. The van der Waals surface area contributed by atoms with Crippen LogP contribution in [-0.2, 0) is 0 Å². The molecular formula is C13H13ClO2. The van der Waals surface area contributed by atoms with Crippen LogP contribution >= 0.6 is 11.6 Å². The number of fused-ring (bicyclic) bond motifs is 1. The Morgan fingerprint density at radius 1 is 1.19 bits per heavy atom. The molecule has 84 valence electrons. The van der Waals surface area contributed by atoms with Crippen LogP contribution in [0.15, 0.2) is 36.4 Å². The second-order valence-electron chi connectivity index (χ2n) is 3.57. The van der Waals surface area contributed by atoms with Gasteiger partial charge in [0.15, 0.2) is 0 Å². The number of alkyl halides is 1. The summed E-state index contributed by atoms with van der Waals surface area (Å²) in [5.41, 5.74) is 0.839. The highest BCUT2D eigenvalue weighted by molar-refractivity contribution is 6.18. The molecule has 0 aromatic heterocycles. The van der Waals surface area contributed by atoms with E-state index in [1.165, 1.54) is 0 Å². The van der Waals surface area contributed by atoms with E-state index in [2.05, 4.69) is 0 Å². The average Bonchev–Trinajstić information content (AvgIpc) is 2.36. The lowest BCUT2D eigenvalue weighted by molar-refractivity contribution is 0.204. The first-order valence-corrected chi connectivity index (χ1v) is 5.61. The molecule has 0 saturated carbocycles. The highest BCUT2D eigenvalue weighted by Crippen LogP contribution is 2.31. The third-order valence-corrected chi connectivity index (χ3v) is 2.94. The SMILES string of the molecule is COc1ccc([C@@H](O)CCl)c2ccccc12. The predicted molar refractivity (Wildman–Crippen MR) is 66.2 cm³/mol. The Balaban J connectivity index is 2.69. The Labute approximate surface area is 99.4 Å². The van der Waals surface area contributed by atoms with Crippen molar-refractivity contribution < 1.29 is 9.84 Å². The number of hydrogen-bond acceptors (Lipinski definition) is 2. The van der Waals surface area contributed by atoms with Crippen molar-refractivity contribution in [3.8, 4) is 5.75 Å². The Morgan fingerprint density at radius 3 is 2.50 bits per heavy atom. The molecule has 0 unspecified atom stereocenters. The van der Waals surface area contributed by atoms with Crippen LogP contribution in [0.25, 0.3) is 10.8 Å². The van der Waals surface area contributed by atoms with E-state index in [1.807, 2.05) is 36.4 Å².